The molecule has 0 atom stereocenters. The second-order valence-corrected chi connectivity index (χ2v) is 7.80. The number of H-pyrrole nitrogens is 1. The molecule has 1 saturated carbocycles. The molecule has 5 rings (SSSR count). The van der Waals surface area contributed by atoms with Gasteiger partial charge in [-0.3, -0.25) is 4.74 Å². The van der Waals surface area contributed by atoms with E-state index < -0.39 is 12.5 Å². The maximum absolute atomic E-state index is 12.4. The lowest BCUT2D eigenvalue weighted by molar-refractivity contribution is -0.345. The molecular formula is C19H17ClF3N7O. The standard InChI is InChI=1S/C19H17ClF3N7O/c20-15-9-24-16-6-5-14(29-30(15)16)12-7-25-17-13(12)8-26-18(28-17)27-10-1-3-11(4-2-10)31-19(21,22)23/h5-11H,1-4H2,(H2,25,26,27,28). The molecule has 31 heavy (non-hydrogen) atoms. The number of aromatic amines is 1. The van der Waals surface area contributed by atoms with Gasteiger partial charge in [0.2, 0.25) is 5.95 Å². The van der Waals surface area contributed by atoms with Gasteiger partial charge in [0.05, 0.1) is 18.0 Å². The van der Waals surface area contributed by atoms with Gasteiger partial charge in [-0.05, 0) is 37.8 Å². The van der Waals surface area contributed by atoms with Gasteiger partial charge in [0.1, 0.15) is 5.65 Å². The molecule has 1 fully saturated rings. The average molecular weight is 452 g/mol. The van der Waals surface area contributed by atoms with E-state index in [9.17, 15) is 13.2 Å². The second-order valence-electron chi connectivity index (χ2n) is 7.41. The van der Waals surface area contributed by atoms with Crippen molar-refractivity contribution in [2.24, 2.45) is 0 Å². The Morgan fingerprint density at radius 3 is 2.71 bits per heavy atom. The number of fused-ring (bicyclic) bond motifs is 2. The van der Waals surface area contributed by atoms with Crippen molar-refractivity contribution in [2.45, 2.75) is 44.2 Å². The van der Waals surface area contributed by atoms with Crippen LogP contribution in [0.1, 0.15) is 25.7 Å². The van der Waals surface area contributed by atoms with Crippen molar-refractivity contribution in [3.63, 3.8) is 0 Å². The van der Waals surface area contributed by atoms with Gasteiger partial charge in [0, 0.05) is 29.4 Å². The van der Waals surface area contributed by atoms with Gasteiger partial charge >= 0.3 is 6.36 Å². The zero-order chi connectivity index (χ0) is 21.6. The first-order valence-corrected chi connectivity index (χ1v) is 10.1. The summed E-state index contributed by atoms with van der Waals surface area (Å²) in [7, 11) is 0. The van der Waals surface area contributed by atoms with E-state index in [0.29, 0.717) is 53.8 Å². The molecule has 4 heterocycles. The fourth-order valence-corrected chi connectivity index (χ4v) is 4.05. The highest BCUT2D eigenvalue weighted by Gasteiger charge is 2.35. The minimum atomic E-state index is -4.59. The monoisotopic (exact) mass is 451 g/mol. The number of imidazole rings is 1. The van der Waals surface area contributed by atoms with Crippen LogP contribution in [0, 0.1) is 0 Å². The van der Waals surface area contributed by atoms with Crippen LogP contribution in [-0.4, -0.2) is 48.1 Å². The zero-order valence-corrected chi connectivity index (χ0v) is 16.8. The van der Waals surface area contributed by atoms with Crippen molar-refractivity contribution in [3.8, 4) is 11.3 Å². The fraction of sp³-hybridized carbons (Fsp3) is 0.368. The summed E-state index contributed by atoms with van der Waals surface area (Å²) in [5.74, 6) is 0.419. The predicted octanol–water partition coefficient (Wildman–Crippen LogP) is 4.58. The Morgan fingerprint density at radius 1 is 1.13 bits per heavy atom. The van der Waals surface area contributed by atoms with Gasteiger partial charge in [-0.1, -0.05) is 11.6 Å². The number of ether oxygens (including phenoxy) is 1. The van der Waals surface area contributed by atoms with Gasteiger partial charge in [-0.15, -0.1) is 13.2 Å². The Hall–Kier alpha value is -2.92. The molecular weight excluding hydrogens is 435 g/mol. The number of anilines is 1. The summed E-state index contributed by atoms with van der Waals surface area (Å²) in [6, 6.07) is 3.66. The van der Waals surface area contributed by atoms with Crippen molar-refractivity contribution in [3.05, 3.63) is 35.9 Å². The molecule has 4 aromatic heterocycles. The molecule has 12 heteroatoms. The lowest BCUT2D eigenvalue weighted by Gasteiger charge is -2.29. The lowest BCUT2D eigenvalue weighted by Crippen LogP contribution is -2.33. The van der Waals surface area contributed by atoms with E-state index in [1.54, 1.807) is 16.9 Å². The third-order valence-electron chi connectivity index (χ3n) is 5.34. The molecule has 0 bridgehead atoms. The number of hydrogen-bond acceptors (Lipinski definition) is 6. The number of hydrogen-bond donors (Lipinski definition) is 2. The van der Waals surface area contributed by atoms with E-state index in [0.717, 1.165) is 10.9 Å². The molecule has 1 aliphatic rings. The van der Waals surface area contributed by atoms with Crippen molar-refractivity contribution < 1.29 is 17.9 Å². The highest BCUT2D eigenvalue weighted by Crippen LogP contribution is 2.30. The van der Waals surface area contributed by atoms with Crippen molar-refractivity contribution >= 4 is 34.2 Å². The van der Waals surface area contributed by atoms with E-state index in [1.807, 2.05) is 12.1 Å². The van der Waals surface area contributed by atoms with E-state index in [2.05, 4.69) is 35.1 Å². The van der Waals surface area contributed by atoms with Gasteiger partial charge in [-0.2, -0.15) is 10.1 Å². The predicted molar refractivity (Wildman–Crippen MR) is 108 cm³/mol. The number of halogens is 4. The zero-order valence-electron chi connectivity index (χ0n) is 16.0. The quantitative estimate of drug-likeness (QED) is 0.471. The third kappa shape index (κ3) is 4.15. The van der Waals surface area contributed by atoms with Crippen LogP contribution in [0.4, 0.5) is 19.1 Å². The van der Waals surface area contributed by atoms with Crippen molar-refractivity contribution in [2.75, 3.05) is 5.32 Å². The second kappa shape index (κ2) is 7.65. The maximum Gasteiger partial charge on any atom is 0.522 e. The number of nitrogens with zero attached hydrogens (tertiary/aromatic N) is 5. The largest absolute Gasteiger partial charge is 0.522 e. The Kier molecular flexibility index (Phi) is 4.94. The van der Waals surface area contributed by atoms with Crippen LogP contribution in [0.25, 0.3) is 27.9 Å². The summed E-state index contributed by atoms with van der Waals surface area (Å²) < 4.78 is 42.8. The highest BCUT2D eigenvalue weighted by atomic mass is 35.5. The van der Waals surface area contributed by atoms with E-state index in [-0.39, 0.29) is 6.04 Å². The molecule has 0 spiro atoms. The van der Waals surface area contributed by atoms with Crippen molar-refractivity contribution in [1.29, 1.82) is 0 Å². The van der Waals surface area contributed by atoms with Crippen LogP contribution in [0.2, 0.25) is 5.15 Å². The molecule has 0 radical (unpaired) electrons. The van der Waals surface area contributed by atoms with Crippen LogP contribution in [-0.2, 0) is 4.74 Å². The number of alkyl halides is 3. The number of rotatable bonds is 4. The molecule has 0 aromatic carbocycles. The Bertz CT molecular complexity index is 1230. The summed E-state index contributed by atoms with van der Waals surface area (Å²) >= 11 is 6.11. The molecule has 8 nitrogen and oxygen atoms in total. The van der Waals surface area contributed by atoms with Crippen LogP contribution in [0.3, 0.4) is 0 Å². The average Bonchev–Trinajstić information content (AvgIpc) is 3.31. The minimum Gasteiger partial charge on any atom is -0.351 e. The fourth-order valence-electron chi connectivity index (χ4n) is 3.87. The van der Waals surface area contributed by atoms with Gasteiger partial charge < -0.3 is 10.3 Å². The Labute approximate surface area is 178 Å². The Balaban J connectivity index is 1.31. The molecule has 4 aromatic rings. The van der Waals surface area contributed by atoms with Crippen molar-refractivity contribution in [1.82, 2.24) is 29.5 Å². The summed E-state index contributed by atoms with van der Waals surface area (Å²) in [4.78, 5) is 16.2. The van der Waals surface area contributed by atoms with Gasteiger partial charge in [-0.25, -0.2) is 14.5 Å². The smallest absolute Gasteiger partial charge is 0.351 e. The van der Waals surface area contributed by atoms with Gasteiger partial charge in [0.15, 0.2) is 10.8 Å². The topological polar surface area (TPSA) is 93.0 Å². The number of nitrogens with one attached hydrogen (secondary N) is 2. The molecule has 162 valence electrons. The molecule has 1 aliphatic carbocycles. The molecule has 2 N–H and O–H groups in total. The number of aromatic nitrogens is 6. The first-order valence-electron chi connectivity index (χ1n) is 9.71. The first-order chi connectivity index (χ1) is 14.9. The summed E-state index contributed by atoms with van der Waals surface area (Å²) in [6.45, 7) is 0. The van der Waals surface area contributed by atoms with E-state index >= 15 is 0 Å². The van der Waals surface area contributed by atoms with Gasteiger partial charge in [0.25, 0.3) is 0 Å². The summed E-state index contributed by atoms with van der Waals surface area (Å²) in [6.07, 6.45) is 1.40. The third-order valence-corrected chi connectivity index (χ3v) is 5.59. The first kappa shape index (κ1) is 20.0. The molecule has 0 saturated heterocycles. The molecule has 0 amide bonds. The maximum atomic E-state index is 12.4. The minimum absolute atomic E-state index is 0.00702. The lowest BCUT2D eigenvalue weighted by atomic mass is 9.93. The molecule has 0 aliphatic heterocycles. The van der Waals surface area contributed by atoms with Crippen LogP contribution in [0.5, 0.6) is 0 Å². The van der Waals surface area contributed by atoms with Crippen LogP contribution in [0.15, 0.2) is 30.7 Å². The van der Waals surface area contributed by atoms with E-state index in [1.165, 1.54) is 6.20 Å². The van der Waals surface area contributed by atoms with Crippen LogP contribution >= 0.6 is 11.6 Å². The Morgan fingerprint density at radius 2 is 1.94 bits per heavy atom. The SMILES string of the molecule is FC(F)(F)OC1CCC(Nc2ncc3c(-c4ccc5ncc(Cl)n5n4)c[nH]c3n2)CC1. The molecule has 0 unspecified atom stereocenters. The van der Waals surface area contributed by atoms with E-state index in [4.69, 9.17) is 11.6 Å². The summed E-state index contributed by atoms with van der Waals surface area (Å²) in [5, 5.41) is 8.92. The normalized spacial score (nSPS) is 19.9. The summed E-state index contributed by atoms with van der Waals surface area (Å²) in [5.41, 5.74) is 2.77. The highest BCUT2D eigenvalue weighted by molar-refractivity contribution is 6.29. The van der Waals surface area contributed by atoms with Crippen LogP contribution < -0.4 is 5.32 Å².